The summed E-state index contributed by atoms with van der Waals surface area (Å²) in [4.78, 5) is 0. The Morgan fingerprint density at radius 1 is 0.188 bits per heavy atom. The van der Waals surface area contributed by atoms with Crippen molar-refractivity contribution in [1.29, 1.82) is 0 Å². The van der Waals surface area contributed by atoms with Crippen LogP contribution in [-0.2, 0) is 5.41 Å². The van der Waals surface area contributed by atoms with Crippen molar-refractivity contribution in [2.75, 3.05) is 0 Å². The van der Waals surface area contributed by atoms with Crippen molar-refractivity contribution in [2.45, 2.75) is 198 Å². The summed E-state index contributed by atoms with van der Waals surface area (Å²) in [6, 6.07) is 121. The second-order valence-corrected chi connectivity index (χ2v) is 42.0. The molecule has 0 radical (unpaired) electrons. The Hall–Kier alpha value is -12.4. The summed E-state index contributed by atoms with van der Waals surface area (Å²) in [5.74, 6) is -0.362. The van der Waals surface area contributed by atoms with E-state index in [0.29, 0.717) is 5.56 Å². The first-order valence-corrected chi connectivity index (χ1v) is 48.5. The van der Waals surface area contributed by atoms with Crippen LogP contribution < -0.4 is 5.19 Å². The zero-order valence-corrected chi connectivity index (χ0v) is 83.2. The molecule has 0 aliphatic rings. The molecule has 660 valence electrons. The molecule has 0 nitrogen and oxygen atoms in total. The average Bonchev–Trinajstić information content (AvgIpc) is 1.14. The lowest BCUT2D eigenvalue weighted by Gasteiger charge is -2.18. The smallest absolute Gasteiger partial charge is 0.131 e. The molecule has 0 unspecified atom stereocenters. The van der Waals surface area contributed by atoms with E-state index in [2.05, 4.69) is 428 Å². The summed E-state index contributed by atoms with van der Waals surface area (Å²) in [5.41, 5.74) is 45.1. The Morgan fingerprint density at radius 3 is 0.898 bits per heavy atom. The van der Waals surface area contributed by atoms with Crippen LogP contribution >= 0.6 is 0 Å². The largest absolute Gasteiger partial charge is 0.207 e. The lowest BCUT2D eigenvalue weighted by molar-refractivity contribution is 0.590. The molecule has 16 rings (SSSR count). The van der Waals surface area contributed by atoms with E-state index in [1.165, 1.54) is 185 Å². The highest BCUT2D eigenvalue weighted by atomic mass is 28.3. The molecule has 0 aliphatic heterocycles. The Labute approximate surface area is 773 Å². The Bertz CT molecular complexity index is 5910. The van der Waals surface area contributed by atoms with E-state index in [-0.39, 0.29) is 17.0 Å². The van der Waals surface area contributed by atoms with E-state index in [9.17, 15) is 8.78 Å². The third-order valence-electron chi connectivity index (χ3n) is 22.4. The van der Waals surface area contributed by atoms with Crippen LogP contribution in [0.5, 0.6) is 0 Å². The van der Waals surface area contributed by atoms with Crippen molar-refractivity contribution in [3.8, 4) is 66.8 Å². The molecule has 0 atom stereocenters. The minimum atomic E-state index is -1.06. The topological polar surface area (TPSA) is 0 Å². The van der Waals surface area contributed by atoms with Crippen molar-refractivity contribution in [2.24, 2.45) is 0 Å². The minimum Gasteiger partial charge on any atom is -0.207 e. The number of hydrogen-bond acceptors (Lipinski definition) is 0. The van der Waals surface area contributed by atoms with Gasteiger partial charge in [0.05, 0.1) is 8.07 Å². The van der Waals surface area contributed by atoms with Crippen molar-refractivity contribution in [1.82, 2.24) is 0 Å². The molecule has 0 spiro atoms. The van der Waals surface area contributed by atoms with Gasteiger partial charge in [0.25, 0.3) is 0 Å². The Morgan fingerprint density at radius 2 is 0.492 bits per heavy atom. The Balaban J connectivity index is 0.000000196. The summed E-state index contributed by atoms with van der Waals surface area (Å²) in [6.07, 6.45) is 0. The summed E-state index contributed by atoms with van der Waals surface area (Å²) >= 11 is 0. The molecule has 0 aromatic heterocycles. The van der Waals surface area contributed by atoms with Crippen LogP contribution in [0, 0.1) is 164 Å². The van der Waals surface area contributed by atoms with Crippen molar-refractivity contribution in [3.05, 3.63) is 491 Å². The fourth-order valence-corrected chi connectivity index (χ4v) is 15.8. The number of hydrogen-bond donors (Lipinski definition) is 0. The highest BCUT2D eigenvalue weighted by Crippen LogP contribution is 2.33. The van der Waals surface area contributed by atoms with Gasteiger partial charge in [0, 0.05) is 5.56 Å². The van der Waals surface area contributed by atoms with Crippen LogP contribution in [0.3, 0.4) is 0 Å². The fraction of sp³-hybridized carbons (Fsp3) is 0.232. The maximum Gasteiger partial charge on any atom is 0.131 e. The summed E-state index contributed by atoms with van der Waals surface area (Å²) < 4.78 is 26.3. The molecule has 0 heterocycles. The Kier molecular flexibility index (Phi) is 40.3. The van der Waals surface area contributed by atoms with Crippen LogP contribution in [0.1, 0.15) is 149 Å². The van der Waals surface area contributed by atoms with Gasteiger partial charge in [0.1, 0.15) is 11.6 Å². The van der Waals surface area contributed by atoms with Crippen LogP contribution in [-0.4, -0.2) is 8.07 Å². The van der Waals surface area contributed by atoms with Crippen LogP contribution in [0.4, 0.5) is 8.78 Å². The van der Waals surface area contributed by atoms with Gasteiger partial charge in [-0.2, -0.15) is 0 Å². The van der Waals surface area contributed by atoms with Crippen molar-refractivity contribution in [3.63, 3.8) is 0 Å². The molecular weight excluding hydrogens is 1570 g/mol. The molecule has 0 aliphatic carbocycles. The molecule has 0 fully saturated rings. The van der Waals surface area contributed by atoms with Crippen LogP contribution in [0.15, 0.2) is 352 Å². The first-order chi connectivity index (χ1) is 60.6. The highest BCUT2D eigenvalue weighted by molar-refractivity contribution is 6.88. The third kappa shape index (κ3) is 35.1. The van der Waals surface area contributed by atoms with E-state index < -0.39 is 8.07 Å². The van der Waals surface area contributed by atoms with E-state index in [0.717, 1.165) is 16.7 Å². The zero-order valence-electron chi connectivity index (χ0n) is 82.2. The van der Waals surface area contributed by atoms with Gasteiger partial charge in [-0.15, -0.1) is 0 Å². The molecule has 128 heavy (non-hydrogen) atoms. The fourth-order valence-electron chi connectivity index (χ4n) is 14.7. The average molecular weight is 1710 g/mol. The van der Waals surface area contributed by atoms with Gasteiger partial charge in [0.2, 0.25) is 0 Å². The zero-order chi connectivity index (χ0) is 94.0. The van der Waals surface area contributed by atoms with Crippen LogP contribution in [0.25, 0.3) is 66.8 Å². The van der Waals surface area contributed by atoms with Gasteiger partial charge in [-0.3, -0.25) is 0 Å². The van der Waals surface area contributed by atoms with Gasteiger partial charge in [-0.1, -0.05) is 457 Å². The molecule has 0 N–H and O–H groups in total. The third-order valence-corrected chi connectivity index (χ3v) is 24.5. The van der Waals surface area contributed by atoms with E-state index in [1.807, 2.05) is 80.6 Å². The SMILES string of the molecule is Cc1cc(C)cc(-c2c(C)cc(C)cc2C)c1.Cc1ccc(-c2c(C)cccc2C)cc1.Cc1ccc(-c2cc(C)cc(C)c2)cc1.Cc1ccc(-c2cccc(F)c2)cc1.Cc1ccc(-c2ccccc2)cc1C.Cc1ccc(-c2ccccc2F)cc1.Cc1ccc(C(C)(C)C)cc1.Cc1ccc(C)c(C)c1.Cc1ccc(C)cc1.Cc1ccc([Si](C)(C)C)cc1. The quantitative estimate of drug-likeness (QED) is 0.140. The molecule has 0 saturated carbocycles. The normalized spacial score (nSPS) is 10.4. The molecule has 16 aromatic carbocycles. The van der Waals surface area contributed by atoms with Gasteiger partial charge in [-0.05, 0) is 287 Å². The van der Waals surface area contributed by atoms with Crippen molar-refractivity contribution >= 4 is 13.3 Å². The first kappa shape index (κ1) is 103. The molecule has 3 heteroatoms. The molecule has 0 bridgehead atoms. The predicted molar refractivity (Wildman–Crippen MR) is 563 cm³/mol. The standard InChI is InChI=1S/C17H20.2C15H16.C14H14.2C13H11F.C11H16.C10H16Si.C9H12.C8H10/c1-11-6-12(2)10-16(9-11)17-14(4)7-13(3)8-15(17)5;1-11-4-6-14(7-5-11)15-9-12(2)8-13(3)10-15;1-11-7-9-14(10-8-11)15-12(2)5-4-6-13(15)3;1-11-8-9-14(10-12(11)2)13-6-4-3-5-7-13;1-10-5-7-11(8-6-10)12-3-2-4-13(14)9-12;1-10-6-8-11(9-7-10)12-4-2-3-5-13(12)14;2*1-9-5-7-10(8-6-9)11(2,3)4;1-7-4-5-8(2)9(3)6-7;1-7-3-5-8(2)6-4-7/h6-10H,1-5H3;2*4-10H,1-3H3;3-10H,1-2H3;2*2-9H,1H3;2*5-8H,1-4H3;4-6H,1-3H3;3-6H,1-2H3. The summed E-state index contributed by atoms with van der Waals surface area (Å²) in [5, 5.41) is 1.54. The van der Waals surface area contributed by atoms with E-state index in [1.54, 1.807) is 29.5 Å². The lowest BCUT2D eigenvalue weighted by atomic mass is 9.87. The molecular formula is C125H142F2Si. The van der Waals surface area contributed by atoms with E-state index >= 15 is 0 Å². The predicted octanol–water partition coefficient (Wildman–Crippen LogP) is 35.8. The highest BCUT2D eigenvalue weighted by Gasteiger charge is 2.16. The number of benzene rings is 16. The number of aryl methyl sites for hydroxylation is 22. The van der Waals surface area contributed by atoms with Crippen LogP contribution in [0.2, 0.25) is 19.6 Å². The second-order valence-electron chi connectivity index (χ2n) is 36.9. The summed E-state index contributed by atoms with van der Waals surface area (Å²) in [7, 11) is -1.06. The lowest BCUT2D eigenvalue weighted by Crippen LogP contribution is -2.37. The molecule has 0 saturated heterocycles. The second kappa shape index (κ2) is 50.2. The molecule has 16 aromatic rings. The van der Waals surface area contributed by atoms with Crippen molar-refractivity contribution < 1.29 is 8.78 Å². The minimum absolute atomic E-state index is 0.170. The number of halogens is 2. The van der Waals surface area contributed by atoms with E-state index in [4.69, 9.17) is 0 Å². The molecule has 0 amide bonds. The number of rotatable bonds is 7. The summed E-state index contributed by atoms with van der Waals surface area (Å²) in [6.45, 7) is 60.8. The maximum atomic E-state index is 13.4. The van der Waals surface area contributed by atoms with Gasteiger partial charge >= 0.3 is 0 Å². The maximum absolute atomic E-state index is 13.4. The van der Waals surface area contributed by atoms with Gasteiger partial charge < -0.3 is 0 Å². The monoisotopic (exact) mass is 1710 g/mol. The first-order valence-electron chi connectivity index (χ1n) is 45.0. The van der Waals surface area contributed by atoms with Gasteiger partial charge in [-0.25, -0.2) is 8.78 Å². The van der Waals surface area contributed by atoms with Gasteiger partial charge in [0.15, 0.2) is 0 Å².